The van der Waals surface area contributed by atoms with Crippen molar-refractivity contribution in [2.75, 3.05) is 19.5 Å². The zero-order valence-electron chi connectivity index (χ0n) is 16.6. The number of allylic oxidation sites excluding steroid dienone is 2. The quantitative estimate of drug-likeness (QED) is 0.609. The second-order valence-corrected chi connectivity index (χ2v) is 8.43. The van der Waals surface area contributed by atoms with Crippen molar-refractivity contribution in [3.8, 4) is 11.5 Å². The molecule has 1 aromatic rings. The fourth-order valence-electron chi connectivity index (χ4n) is 5.63. The van der Waals surface area contributed by atoms with E-state index in [4.69, 9.17) is 9.47 Å². The van der Waals surface area contributed by atoms with E-state index in [-0.39, 0.29) is 35.5 Å². The third kappa shape index (κ3) is 2.52. The molecule has 0 aromatic heterocycles. The Morgan fingerprint density at radius 3 is 2.24 bits per heavy atom. The van der Waals surface area contributed by atoms with Crippen LogP contribution in [0.15, 0.2) is 30.4 Å². The number of methoxy groups -OCH3 is 2. The highest BCUT2D eigenvalue weighted by Crippen LogP contribution is 2.65. The van der Waals surface area contributed by atoms with Crippen molar-refractivity contribution < 1.29 is 23.9 Å². The van der Waals surface area contributed by atoms with Crippen molar-refractivity contribution in [3.05, 3.63) is 30.4 Å². The molecule has 1 aliphatic heterocycles. The molecule has 2 saturated carbocycles. The number of nitrogens with zero attached hydrogens (tertiary/aromatic N) is 1. The van der Waals surface area contributed by atoms with Gasteiger partial charge in [-0.2, -0.15) is 0 Å². The molecule has 5 aliphatic rings. The van der Waals surface area contributed by atoms with Gasteiger partial charge in [0.1, 0.15) is 17.5 Å². The zero-order valence-corrected chi connectivity index (χ0v) is 16.6. The molecule has 6 rings (SSSR count). The molecule has 1 N–H and O–H groups in total. The minimum atomic E-state index is -0.896. The van der Waals surface area contributed by atoms with Crippen molar-refractivity contribution >= 4 is 23.4 Å². The first-order valence-electron chi connectivity index (χ1n) is 10.0. The van der Waals surface area contributed by atoms with Crippen molar-refractivity contribution in [2.24, 2.45) is 35.5 Å². The van der Waals surface area contributed by atoms with Crippen LogP contribution >= 0.6 is 0 Å². The average Bonchev–Trinajstić information content (AvgIpc) is 3.51. The van der Waals surface area contributed by atoms with E-state index in [1.807, 2.05) is 0 Å². The Hall–Kier alpha value is -2.83. The lowest BCUT2D eigenvalue weighted by molar-refractivity contribution is -0.146. The Balaban J connectivity index is 1.38. The lowest BCUT2D eigenvalue weighted by atomic mass is 9.63. The van der Waals surface area contributed by atoms with Crippen LogP contribution < -0.4 is 14.8 Å². The molecule has 1 heterocycles. The molecule has 0 radical (unpaired) electrons. The maximum atomic E-state index is 13.2. The van der Waals surface area contributed by atoms with Gasteiger partial charge in [0.2, 0.25) is 17.7 Å². The molecular weight excluding hydrogens is 372 g/mol. The third-order valence-corrected chi connectivity index (χ3v) is 7.13. The zero-order chi connectivity index (χ0) is 20.4. The average molecular weight is 396 g/mol. The highest BCUT2D eigenvalue weighted by atomic mass is 16.5. The highest BCUT2D eigenvalue weighted by Gasteiger charge is 2.67. The molecular formula is C22H24N2O5. The Morgan fingerprint density at radius 2 is 1.69 bits per heavy atom. The minimum Gasteiger partial charge on any atom is -0.497 e. The maximum absolute atomic E-state index is 13.2. The fourth-order valence-corrected chi connectivity index (χ4v) is 5.63. The summed E-state index contributed by atoms with van der Waals surface area (Å²) in [6.45, 7) is 1.60. The summed E-state index contributed by atoms with van der Waals surface area (Å²) < 4.78 is 10.5. The number of carbonyl (C=O) groups is 3. The van der Waals surface area contributed by atoms with Crippen LogP contribution in [0.5, 0.6) is 11.5 Å². The van der Waals surface area contributed by atoms with Gasteiger partial charge in [0.25, 0.3) is 0 Å². The number of amides is 3. The van der Waals surface area contributed by atoms with Crippen molar-refractivity contribution in [3.63, 3.8) is 0 Å². The summed E-state index contributed by atoms with van der Waals surface area (Å²) in [6, 6.07) is 4.17. The number of hydrogen-bond donors (Lipinski definition) is 1. The number of likely N-dealkylation sites (tertiary alicyclic amines) is 1. The van der Waals surface area contributed by atoms with E-state index < -0.39 is 11.9 Å². The largest absolute Gasteiger partial charge is 0.497 e. The van der Waals surface area contributed by atoms with Gasteiger partial charge in [-0.05, 0) is 49.1 Å². The Labute approximate surface area is 169 Å². The highest BCUT2D eigenvalue weighted by molar-refractivity contribution is 6.10. The van der Waals surface area contributed by atoms with Crippen LogP contribution in [0, 0.1) is 35.5 Å². The summed E-state index contributed by atoms with van der Waals surface area (Å²) in [5.41, 5.74) is 0.434. The molecule has 1 saturated heterocycles. The second kappa shape index (κ2) is 6.34. The first-order valence-corrected chi connectivity index (χ1v) is 10.0. The third-order valence-electron chi connectivity index (χ3n) is 7.13. The van der Waals surface area contributed by atoms with Crippen molar-refractivity contribution in [1.82, 2.24) is 4.90 Å². The molecule has 0 unspecified atom stereocenters. The number of benzene rings is 1. The lowest BCUT2D eigenvalue weighted by Gasteiger charge is -2.37. The summed E-state index contributed by atoms with van der Waals surface area (Å²) in [4.78, 5) is 40.5. The molecule has 7 atom stereocenters. The predicted molar refractivity (Wildman–Crippen MR) is 104 cm³/mol. The molecule has 7 heteroatoms. The van der Waals surface area contributed by atoms with E-state index in [0.29, 0.717) is 29.0 Å². The van der Waals surface area contributed by atoms with Gasteiger partial charge < -0.3 is 14.8 Å². The van der Waals surface area contributed by atoms with E-state index >= 15 is 0 Å². The van der Waals surface area contributed by atoms with Gasteiger partial charge in [0, 0.05) is 6.07 Å². The van der Waals surface area contributed by atoms with E-state index in [2.05, 4.69) is 17.5 Å². The van der Waals surface area contributed by atoms with Crippen molar-refractivity contribution in [1.29, 1.82) is 0 Å². The Kier molecular flexibility index (Phi) is 3.98. The first kappa shape index (κ1) is 18.2. The van der Waals surface area contributed by atoms with Crippen LogP contribution in [-0.2, 0) is 14.4 Å². The van der Waals surface area contributed by atoms with Crippen LogP contribution in [0.2, 0.25) is 0 Å². The smallest absolute Gasteiger partial charge is 0.247 e. The van der Waals surface area contributed by atoms with Crippen LogP contribution in [0.4, 0.5) is 5.69 Å². The number of nitrogens with one attached hydrogen (secondary N) is 1. The summed E-state index contributed by atoms with van der Waals surface area (Å²) in [7, 11) is 3.04. The SMILES string of the molecule is COc1ccc(OC)c(NC(=O)[C@H](C)N2C(=O)[C@@H]3[C@H]4C=C[C@@H]([C@@H]5C[C@H]45)[C@H]3C2=O)c1. The van der Waals surface area contributed by atoms with Crippen molar-refractivity contribution in [2.45, 2.75) is 19.4 Å². The molecule has 29 heavy (non-hydrogen) atoms. The number of imide groups is 1. The summed E-state index contributed by atoms with van der Waals surface area (Å²) in [5, 5.41) is 2.79. The van der Waals surface area contributed by atoms with Gasteiger partial charge in [-0.25, -0.2) is 0 Å². The van der Waals surface area contributed by atoms with Crippen LogP contribution in [0.1, 0.15) is 13.3 Å². The summed E-state index contributed by atoms with van der Waals surface area (Å²) >= 11 is 0. The molecule has 3 amide bonds. The maximum Gasteiger partial charge on any atom is 0.247 e. The van der Waals surface area contributed by atoms with E-state index in [9.17, 15) is 14.4 Å². The molecule has 152 valence electrons. The topological polar surface area (TPSA) is 84.9 Å². The van der Waals surface area contributed by atoms with E-state index in [0.717, 1.165) is 6.42 Å². The number of hydrogen-bond acceptors (Lipinski definition) is 5. The first-order chi connectivity index (χ1) is 14.0. The predicted octanol–water partition coefficient (Wildman–Crippen LogP) is 2.08. The molecule has 3 fully saturated rings. The minimum absolute atomic E-state index is 0.144. The molecule has 0 spiro atoms. The van der Waals surface area contributed by atoms with E-state index in [1.165, 1.54) is 19.1 Å². The van der Waals surface area contributed by atoms with Gasteiger partial charge in [0.15, 0.2) is 0 Å². The normalized spacial score (nSPS) is 34.5. The summed E-state index contributed by atoms with van der Waals surface area (Å²) in [5.74, 6) is 0.955. The fraction of sp³-hybridized carbons (Fsp3) is 0.500. The number of rotatable bonds is 5. The molecule has 1 aromatic carbocycles. The van der Waals surface area contributed by atoms with Gasteiger partial charge in [-0.15, -0.1) is 0 Å². The number of carbonyl (C=O) groups excluding carboxylic acids is 3. The monoisotopic (exact) mass is 396 g/mol. The molecule has 2 bridgehead atoms. The van der Waals surface area contributed by atoms with Gasteiger partial charge >= 0.3 is 0 Å². The van der Waals surface area contributed by atoms with E-state index in [1.54, 1.807) is 25.1 Å². The molecule has 7 nitrogen and oxygen atoms in total. The van der Waals surface area contributed by atoms with Crippen LogP contribution in [0.25, 0.3) is 0 Å². The lowest BCUT2D eigenvalue weighted by Crippen LogP contribution is -2.46. The summed E-state index contributed by atoms with van der Waals surface area (Å²) in [6.07, 6.45) is 5.36. The standard InChI is InChI=1S/C22H24N2O5/c1-10(20(25)23-16-8-11(28-2)4-7-17(16)29-3)24-21(26)18-12-5-6-13(15-9-14(12)15)19(18)22(24)27/h4-8,10,12-15,18-19H,9H2,1-3H3,(H,23,25)/t10-,12-,13-,14-,15+,18+,19+/m0/s1. The Bertz CT molecular complexity index is 905. The number of anilines is 1. The van der Waals surface area contributed by atoms with Gasteiger partial charge in [-0.3, -0.25) is 19.3 Å². The van der Waals surface area contributed by atoms with Gasteiger partial charge in [-0.1, -0.05) is 12.2 Å². The van der Waals surface area contributed by atoms with Crippen LogP contribution in [0.3, 0.4) is 0 Å². The molecule has 4 aliphatic carbocycles. The number of ether oxygens (including phenoxy) is 2. The van der Waals surface area contributed by atoms with Gasteiger partial charge in [0.05, 0.1) is 31.7 Å². The van der Waals surface area contributed by atoms with Crippen LogP contribution in [-0.4, -0.2) is 42.9 Å². The Morgan fingerprint density at radius 1 is 1.07 bits per heavy atom. The second-order valence-electron chi connectivity index (χ2n) is 8.43.